The Labute approximate surface area is 103 Å². The van der Waals surface area contributed by atoms with E-state index in [9.17, 15) is 9.59 Å². The van der Waals surface area contributed by atoms with Gasteiger partial charge in [-0.1, -0.05) is 11.6 Å². The average Bonchev–Trinajstić information content (AvgIpc) is 3.00. The van der Waals surface area contributed by atoms with Crippen LogP contribution in [-0.2, 0) is 4.79 Å². The zero-order valence-corrected chi connectivity index (χ0v) is 9.62. The molecule has 90 valence electrons. The van der Waals surface area contributed by atoms with Gasteiger partial charge in [-0.25, -0.2) is 4.79 Å². The smallest absolute Gasteiger partial charge is 0.335 e. The monoisotopic (exact) mass is 254 g/mol. The van der Waals surface area contributed by atoms with Crippen molar-refractivity contribution < 1.29 is 14.7 Å². The van der Waals surface area contributed by atoms with Gasteiger partial charge < -0.3 is 16.2 Å². The van der Waals surface area contributed by atoms with Crippen LogP contribution in [0, 0.1) is 0 Å². The summed E-state index contributed by atoms with van der Waals surface area (Å²) in [6.45, 7) is 0. The van der Waals surface area contributed by atoms with Crippen LogP contribution in [0.4, 0.5) is 5.69 Å². The van der Waals surface area contributed by atoms with E-state index in [1.807, 2.05) is 0 Å². The highest BCUT2D eigenvalue weighted by Crippen LogP contribution is 2.34. The third-order valence-electron chi connectivity index (χ3n) is 2.70. The molecule has 1 aliphatic carbocycles. The molecule has 1 fully saturated rings. The normalized spacial score (nSPS) is 16.4. The van der Waals surface area contributed by atoms with Gasteiger partial charge in [0.05, 0.1) is 21.8 Å². The number of nitrogens with one attached hydrogen (secondary N) is 1. The van der Waals surface area contributed by atoms with Gasteiger partial charge >= 0.3 is 5.97 Å². The van der Waals surface area contributed by atoms with Crippen molar-refractivity contribution in [2.24, 2.45) is 5.73 Å². The quantitative estimate of drug-likeness (QED) is 0.762. The van der Waals surface area contributed by atoms with Crippen molar-refractivity contribution in [3.8, 4) is 0 Å². The summed E-state index contributed by atoms with van der Waals surface area (Å²) in [7, 11) is 0. The lowest BCUT2D eigenvalue weighted by Gasteiger charge is -2.11. The number of carboxylic acid groups (broad SMARTS) is 1. The maximum atomic E-state index is 11.7. The molecule has 0 atom stereocenters. The van der Waals surface area contributed by atoms with Gasteiger partial charge in [0.2, 0.25) is 5.91 Å². The fourth-order valence-electron chi connectivity index (χ4n) is 1.36. The van der Waals surface area contributed by atoms with Gasteiger partial charge in [-0.3, -0.25) is 4.79 Å². The molecular formula is C11H11ClN2O3. The first kappa shape index (κ1) is 11.9. The second-order valence-corrected chi connectivity index (χ2v) is 4.52. The number of benzene rings is 1. The number of amides is 1. The van der Waals surface area contributed by atoms with E-state index in [-0.39, 0.29) is 22.2 Å². The summed E-state index contributed by atoms with van der Waals surface area (Å²) < 4.78 is 0. The molecule has 1 aromatic carbocycles. The van der Waals surface area contributed by atoms with E-state index in [0.717, 1.165) is 0 Å². The molecule has 0 bridgehead atoms. The van der Waals surface area contributed by atoms with Crippen LogP contribution in [-0.4, -0.2) is 22.5 Å². The van der Waals surface area contributed by atoms with E-state index in [2.05, 4.69) is 5.32 Å². The number of nitrogens with two attached hydrogens (primary N) is 1. The minimum atomic E-state index is -1.08. The van der Waals surface area contributed by atoms with Crippen molar-refractivity contribution in [1.29, 1.82) is 0 Å². The predicted molar refractivity (Wildman–Crippen MR) is 63.2 cm³/mol. The van der Waals surface area contributed by atoms with Crippen molar-refractivity contribution >= 4 is 29.2 Å². The van der Waals surface area contributed by atoms with E-state index in [0.29, 0.717) is 12.8 Å². The first-order valence-corrected chi connectivity index (χ1v) is 5.43. The maximum absolute atomic E-state index is 11.7. The summed E-state index contributed by atoms with van der Waals surface area (Å²) in [6, 6.07) is 4.11. The number of aromatic carboxylic acids is 1. The van der Waals surface area contributed by atoms with Crippen LogP contribution in [0.3, 0.4) is 0 Å². The van der Waals surface area contributed by atoms with Crippen LogP contribution in [0.25, 0.3) is 0 Å². The topological polar surface area (TPSA) is 92.4 Å². The molecule has 0 aromatic heterocycles. The number of rotatable bonds is 3. The minimum Gasteiger partial charge on any atom is -0.478 e. The molecule has 17 heavy (non-hydrogen) atoms. The van der Waals surface area contributed by atoms with E-state index in [1.165, 1.54) is 18.2 Å². The number of carbonyl (C=O) groups is 2. The van der Waals surface area contributed by atoms with Crippen molar-refractivity contribution in [1.82, 2.24) is 0 Å². The lowest BCUT2D eigenvalue weighted by atomic mass is 10.2. The Morgan fingerprint density at radius 3 is 2.59 bits per heavy atom. The molecule has 1 aliphatic rings. The maximum Gasteiger partial charge on any atom is 0.335 e. The Morgan fingerprint density at radius 1 is 1.41 bits per heavy atom. The third-order valence-corrected chi connectivity index (χ3v) is 3.03. The van der Waals surface area contributed by atoms with Gasteiger partial charge in [0, 0.05) is 0 Å². The number of halogens is 1. The highest BCUT2D eigenvalue weighted by Gasteiger charge is 2.46. The lowest BCUT2D eigenvalue weighted by molar-refractivity contribution is -0.118. The summed E-state index contributed by atoms with van der Waals surface area (Å²) in [5, 5.41) is 11.7. The molecule has 0 unspecified atom stereocenters. The molecule has 1 saturated carbocycles. The van der Waals surface area contributed by atoms with E-state index in [4.69, 9.17) is 22.4 Å². The van der Waals surface area contributed by atoms with Gasteiger partial charge in [0.1, 0.15) is 0 Å². The lowest BCUT2D eigenvalue weighted by Crippen LogP contribution is -2.37. The molecule has 1 amide bonds. The minimum absolute atomic E-state index is 0.0616. The van der Waals surface area contributed by atoms with Crippen molar-refractivity contribution in [2.75, 3.05) is 5.32 Å². The highest BCUT2D eigenvalue weighted by atomic mass is 35.5. The first-order valence-electron chi connectivity index (χ1n) is 5.05. The van der Waals surface area contributed by atoms with Crippen LogP contribution in [0.1, 0.15) is 23.2 Å². The molecule has 5 nitrogen and oxygen atoms in total. The van der Waals surface area contributed by atoms with Gasteiger partial charge in [-0.05, 0) is 31.0 Å². The van der Waals surface area contributed by atoms with Crippen molar-refractivity contribution in [3.63, 3.8) is 0 Å². The standard InChI is InChI=1S/C11H11ClN2O3/c12-7-2-1-6(9(15)16)5-8(7)14-10(17)11(13)3-4-11/h1-2,5H,3-4,13H2,(H,14,17)(H,15,16). The SMILES string of the molecule is NC1(C(=O)Nc2cc(C(=O)O)ccc2Cl)CC1. The Morgan fingerprint density at radius 2 is 2.06 bits per heavy atom. The molecule has 4 N–H and O–H groups in total. The Balaban J connectivity index is 2.22. The number of anilines is 1. The van der Waals surface area contributed by atoms with Crippen LogP contribution in [0.15, 0.2) is 18.2 Å². The van der Waals surface area contributed by atoms with Crippen molar-refractivity contribution in [3.05, 3.63) is 28.8 Å². The second-order valence-electron chi connectivity index (χ2n) is 4.11. The molecule has 0 spiro atoms. The first-order chi connectivity index (χ1) is 7.92. The molecule has 6 heteroatoms. The number of hydrogen-bond acceptors (Lipinski definition) is 3. The number of carboxylic acids is 1. The summed E-state index contributed by atoms with van der Waals surface area (Å²) in [6.07, 6.45) is 1.27. The largest absolute Gasteiger partial charge is 0.478 e. The van der Waals surface area contributed by atoms with Gasteiger partial charge in [0.15, 0.2) is 0 Å². The van der Waals surface area contributed by atoms with Gasteiger partial charge in [-0.2, -0.15) is 0 Å². The number of carbonyl (C=O) groups excluding carboxylic acids is 1. The zero-order chi connectivity index (χ0) is 12.6. The van der Waals surface area contributed by atoms with E-state index < -0.39 is 11.5 Å². The molecule has 0 aliphatic heterocycles. The van der Waals surface area contributed by atoms with Crippen LogP contribution in [0.2, 0.25) is 5.02 Å². The van der Waals surface area contributed by atoms with Crippen LogP contribution in [0.5, 0.6) is 0 Å². The predicted octanol–water partition coefficient (Wildman–Crippen LogP) is 1.47. The molecule has 2 rings (SSSR count). The Hall–Kier alpha value is -1.59. The summed E-state index contributed by atoms with van der Waals surface area (Å²) in [4.78, 5) is 22.5. The third kappa shape index (κ3) is 2.40. The van der Waals surface area contributed by atoms with Crippen LogP contribution < -0.4 is 11.1 Å². The molecule has 0 saturated heterocycles. The fraction of sp³-hybridized carbons (Fsp3) is 0.273. The summed E-state index contributed by atoms with van der Waals surface area (Å²) in [5.41, 5.74) is 5.23. The van der Waals surface area contributed by atoms with Crippen LogP contribution >= 0.6 is 11.6 Å². The molecule has 0 radical (unpaired) electrons. The van der Waals surface area contributed by atoms with Gasteiger partial charge in [0.25, 0.3) is 0 Å². The molecule has 0 heterocycles. The Bertz CT molecular complexity index is 497. The van der Waals surface area contributed by atoms with Crippen molar-refractivity contribution in [2.45, 2.75) is 18.4 Å². The number of hydrogen-bond donors (Lipinski definition) is 3. The van der Waals surface area contributed by atoms with E-state index >= 15 is 0 Å². The van der Waals surface area contributed by atoms with Gasteiger partial charge in [-0.15, -0.1) is 0 Å². The summed E-state index contributed by atoms with van der Waals surface area (Å²) in [5.74, 6) is -1.41. The fourth-order valence-corrected chi connectivity index (χ4v) is 1.53. The summed E-state index contributed by atoms with van der Waals surface area (Å²) >= 11 is 5.87. The highest BCUT2D eigenvalue weighted by molar-refractivity contribution is 6.34. The zero-order valence-electron chi connectivity index (χ0n) is 8.87. The second kappa shape index (κ2) is 4.01. The Kier molecular flexibility index (Phi) is 2.81. The van der Waals surface area contributed by atoms with E-state index in [1.54, 1.807) is 0 Å². The molecule has 1 aromatic rings. The average molecular weight is 255 g/mol. The molecular weight excluding hydrogens is 244 g/mol.